The third-order valence-corrected chi connectivity index (χ3v) is 4.08. The maximum Gasteiger partial charge on any atom is 0.255 e. The summed E-state index contributed by atoms with van der Waals surface area (Å²) in [6.45, 7) is 1.18. The molecule has 2 aromatic carbocycles. The molecule has 0 aromatic heterocycles. The van der Waals surface area contributed by atoms with E-state index in [1.807, 2.05) is 13.1 Å². The monoisotopic (exact) mass is 371 g/mol. The second kappa shape index (κ2) is 9.59. The molecular formula is C20H25N3O4. The van der Waals surface area contributed by atoms with Gasteiger partial charge < -0.3 is 25.0 Å². The Labute approximate surface area is 159 Å². The van der Waals surface area contributed by atoms with E-state index in [-0.39, 0.29) is 11.8 Å². The van der Waals surface area contributed by atoms with Crippen molar-refractivity contribution in [3.05, 3.63) is 53.6 Å². The van der Waals surface area contributed by atoms with Crippen molar-refractivity contribution in [3.8, 4) is 11.5 Å². The van der Waals surface area contributed by atoms with Gasteiger partial charge in [0.25, 0.3) is 11.8 Å². The molecule has 27 heavy (non-hydrogen) atoms. The highest BCUT2D eigenvalue weighted by atomic mass is 16.5. The van der Waals surface area contributed by atoms with Gasteiger partial charge in [-0.05, 0) is 25.2 Å². The number of methoxy groups -OCH3 is 2. The summed E-state index contributed by atoms with van der Waals surface area (Å²) < 4.78 is 10.6. The first-order chi connectivity index (χ1) is 13.0. The summed E-state index contributed by atoms with van der Waals surface area (Å²) in [5.41, 5.74) is 1.19. The summed E-state index contributed by atoms with van der Waals surface area (Å²) >= 11 is 0. The fourth-order valence-corrected chi connectivity index (χ4v) is 2.53. The Hall–Kier alpha value is -3.06. The number of anilines is 1. The minimum absolute atomic E-state index is 0.227. The smallest absolute Gasteiger partial charge is 0.255 e. The maximum absolute atomic E-state index is 12.9. The molecule has 0 aliphatic heterocycles. The van der Waals surface area contributed by atoms with E-state index in [9.17, 15) is 9.59 Å². The van der Waals surface area contributed by atoms with Gasteiger partial charge in [0.05, 0.1) is 25.5 Å². The third-order valence-electron chi connectivity index (χ3n) is 4.08. The summed E-state index contributed by atoms with van der Waals surface area (Å²) in [4.78, 5) is 27.1. The van der Waals surface area contributed by atoms with Crippen molar-refractivity contribution in [1.29, 1.82) is 0 Å². The molecule has 2 rings (SSSR count). The van der Waals surface area contributed by atoms with Crippen LogP contribution in [0, 0.1) is 0 Å². The standard InChI is InChI=1S/C20H25N3O4/c1-21-10-11-23(2)20(25)15-12-17(26-3)18(27-4)13-16(15)22-19(24)14-8-6-5-7-9-14/h5-9,12-13,21H,10-11H2,1-4H3,(H,22,24). The fraction of sp³-hybridized carbons (Fsp3) is 0.300. The van der Waals surface area contributed by atoms with Crippen LogP contribution in [0.5, 0.6) is 11.5 Å². The Morgan fingerprint density at radius 1 is 1.04 bits per heavy atom. The van der Waals surface area contributed by atoms with Crippen molar-refractivity contribution in [1.82, 2.24) is 10.2 Å². The van der Waals surface area contributed by atoms with Crippen LogP contribution in [0.4, 0.5) is 5.69 Å². The van der Waals surface area contributed by atoms with Gasteiger partial charge in [0.15, 0.2) is 11.5 Å². The van der Waals surface area contributed by atoms with Crippen LogP contribution in [0.2, 0.25) is 0 Å². The quantitative estimate of drug-likeness (QED) is 0.744. The zero-order chi connectivity index (χ0) is 19.8. The van der Waals surface area contributed by atoms with E-state index in [1.165, 1.54) is 14.2 Å². The molecule has 0 saturated carbocycles. The Morgan fingerprint density at radius 2 is 1.67 bits per heavy atom. The molecule has 0 radical (unpaired) electrons. The second-order valence-corrected chi connectivity index (χ2v) is 5.90. The fourth-order valence-electron chi connectivity index (χ4n) is 2.53. The molecular weight excluding hydrogens is 346 g/mol. The first kappa shape index (κ1) is 20.3. The average Bonchev–Trinajstić information content (AvgIpc) is 2.71. The molecule has 0 bridgehead atoms. The minimum Gasteiger partial charge on any atom is -0.493 e. The summed E-state index contributed by atoms with van der Waals surface area (Å²) in [5.74, 6) is 0.306. The highest BCUT2D eigenvalue weighted by Crippen LogP contribution is 2.34. The number of rotatable bonds is 8. The van der Waals surface area contributed by atoms with Gasteiger partial charge in [-0.1, -0.05) is 18.2 Å². The highest BCUT2D eigenvalue weighted by Gasteiger charge is 2.21. The topological polar surface area (TPSA) is 79.9 Å². The van der Waals surface area contributed by atoms with Gasteiger partial charge in [0.2, 0.25) is 0 Å². The van der Waals surface area contributed by atoms with E-state index in [4.69, 9.17) is 9.47 Å². The zero-order valence-electron chi connectivity index (χ0n) is 16.0. The molecule has 7 heteroatoms. The van der Waals surface area contributed by atoms with Crippen LogP contribution >= 0.6 is 0 Å². The largest absolute Gasteiger partial charge is 0.493 e. The first-order valence-electron chi connectivity index (χ1n) is 8.54. The van der Waals surface area contributed by atoms with E-state index >= 15 is 0 Å². The number of carbonyl (C=O) groups is 2. The minimum atomic E-state index is -0.310. The summed E-state index contributed by atoms with van der Waals surface area (Å²) in [6.07, 6.45) is 0. The maximum atomic E-state index is 12.9. The molecule has 0 unspecified atom stereocenters. The van der Waals surface area contributed by atoms with Crippen LogP contribution in [0.25, 0.3) is 0 Å². The Morgan fingerprint density at radius 3 is 2.26 bits per heavy atom. The van der Waals surface area contributed by atoms with Gasteiger partial charge in [-0.15, -0.1) is 0 Å². The molecule has 2 N–H and O–H groups in total. The number of nitrogens with zero attached hydrogens (tertiary/aromatic N) is 1. The number of amides is 2. The second-order valence-electron chi connectivity index (χ2n) is 5.90. The Kier molecular flexibility index (Phi) is 7.19. The lowest BCUT2D eigenvalue weighted by molar-refractivity contribution is 0.0797. The van der Waals surface area contributed by atoms with E-state index in [0.717, 1.165) is 0 Å². The van der Waals surface area contributed by atoms with Crippen molar-refractivity contribution >= 4 is 17.5 Å². The van der Waals surface area contributed by atoms with Crippen LogP contribution in [0.15, 0.2) is 42.5 Å². The normalized spacial score (nSPS) is 10.2. The van der Waals surface area contributed by atoms with Crippen LogP contribution < -0.4 is 20.1 Å². The third kappa shape index (κ3) is 4.98. The van der Waals surface area contributed by atoms with Crippen molar-refractivity contribution in [2.45, 2.75) is 0 Å². The highest BCUT2D eigenvalue weighted by molar-refractivity contribution is 6.09. The van der Waals surface area contributed by atoms with Gasteiger partial charge >= 0.3 is 0 Å². The molecule has 0 spiro atoms. The molecule has 0 heterocycles. The molecule has 0 atom stereocenters. The summed E-state index contributed by atoms with van der Waals surface area (Å²) in [6, 6.07) is 12.0. The molecule has 2 aromatic rings. The summed E-state index contributed by atoms with van der Waals surface area (Å²) in [7, 11) is 6.53. The van der Waals surface area contributed by atoms with Crippen molar-refractivity contribution in [3.63, 3.8) is 0 Å². The van der Waals surface area contributed by atoms with Crippen LogP contribution in [-0.2, 0) is 0 Å². The van der Waals surface area contributed by atoms with E-state index in [2.05, 4.69) is 10.6 Å². The predicted octanol–water partition coefficient (Wildman–Crippen LogP) is 2.25. The Bertz CT molecular complexity index is 793. The zero-order valence-corrected chi connectivity index (χ0v) is 16.0. The SMILES string of the molecule is CNCCN(C)C(=O)c1cc(OC)c(OC)cc1NC(=O)c1ccccc1. The first-order valence-corrected chi connectivity index (χ1v) is 8.54. The molecule has 0 saturated heterocycles. The van der Waals surface area contributed by atoms with Crippen molar-refractivity contribution in [2.24, 2.45) is 0 Å². The molecule has 0 aliphatic rings. The number of hydrogen-bond donors (Lipinski definition) is 2. The van der Waals surface area contributed by atoms with Crippen molar-refractivity contribution in [2.75, 3.05) is 46.7 Å². The average molecular weight is 371 g/mol. The predicted molar refractivity (Wildman–Crippen MR) is 105 cm³/mol. The summed E-state index contributed by atoms with van der Waals surface area (Å²) in [5, 5.41) is 5.81. The number of carbonyl (C=O) groups excluding carboxylic acids is 2. The van der Waals surface area contributed by atoms with Crippen LogP contribution in [-0.4, -0.2) is 58.1 Å². The van der Waals surface area contributed by atoms with E-state index in [0.29, 0.717) is 41.4 Å². The van der Waals surface area contributed by atoms with E-state index in [1.54, 1.807) is 48.3 Å². The van der Waals surface area contributed by atoms with E-state index < -0.39 is 0 Å². The molecule has 2 amide bonds. The van der Waals surface area contributed by atoms with Crippen molar-refractivity contribution < 1.29 is 19.1 Å². The lowest BCUT2D eigenvalue weighted by Gasteiger charge is -2.21. The number of ether oxygens (including phenoxy) is 2. The van der Waals surface area contributed by atoms with Gasteiger partial charge in [0, 0.05) is 31.8 Å². The number of benzene rings is 2. The van der Waals surface area contributed by atoms with Crippen LogP contribution in [0.3, 0.4) is 0 Å². The molecule has 0 aliphatic carbocycles. The van der Waals surface area contributed by atoms with Gasteiger partial charge in [-0.3, -0.25) is 9.59 Å². The number of hydrogen-bond acceptors (Lipinski definition) is 5. The number of nitrogens with one attached hydrogen (secondary N) is 2. The van der Waals surface area contributed by atoms with Gasteiger partial charge in [0.1, 0.15) is 0 Å². The molecule has 7 nitrogen and oxygen atoms in total. The van der Waals surface area contributed by atoms with Crippen LogP contribution in [0.1, 0.15) is 20.7 Å². The lowest BCUT2D eigenvalue weighted by atomic mass is 10.1. The van der Waals surface area contributed by atoms with Gasteiger partial charge in [-0.2, -0.15) is 0 Å². The molecule has 144 valence electrons. The lowest BCUT2D eigenvalue weighted by Crippen LogP contribution is -2.33. The Balaban J connectivity index is 2.41. The van der Waals surface area contributed by atoms with Gasteiger partial charge in [-0.25, -0.2) is 0 Å². The molecule has 0 fully saturated rings. The number of likely N-dealkylation sites (N-methyl/N-ethyl adjacent to an activating group) is 2.